The summed E-state index contributed by atoms with van der Waals surface area (Å²) in [5.74, 6) is 1.52. The van der Waals surface area contributed by atoms with Crippen LogP contribution in [-0.2, 0) is 0 Å². The predicted octanol–water partition coefficient (Wildman–Crippen LogP) is 13.9. The van der Waals surface area contributed by atoms with Gasteiger partial charge in [0.15, 0.2) is 6.17 Å². The summed E-state index contributed by atoms with van der Waals surface area (Å²) in [7, 11) is 0. The zero-order valence-corrected chi connectivity index (χ0v) is 34.0. The maximum Gasteiger partial charge on any atom is 0.169 e. The van der Waals surface area contributed by atoms with Crippen LogP contribution in [0.15, 0.2) is 227 Å². The van der Waals surface area contributed by atoms with E-state index >= 15 is 0 Å². The Morgan fingerprint density at radius 3 is 1.65 bits per heavy atom. The molecule has 296 valence electrons. The van der Waals surface area contributed by atoms with Crippen molar-refractivity contribution in [3.8, 4) is 22.5 Å². The summed E-state index contributed by atoms with van der Waals surface area (Å²) >= 11 is 0. The molecule has 1 unspecified atom stereocenters. The highest BCUT2D eigenvalue weighted by molar-refractivity contribution is 6.24. The average Bonchev–Trinajstić information content (AvgIpc) is 4.02. The number of rotatable bonds is 6. The summed E-state index contributed by atoms with van der Waals surface area (Å²) in [4.78, 5) is 10.7. The molecule has 0 saturated heterocycles. The summed E-state index contributed by atoms with van der Waals surface area (Å²) in [6.07, 6.45) is -0.512. The topological polar surface area (TPSA) is 59.8 Å². The number of fused-ring (bicyclic) bond motifs is 10. The first-order valence-electron chi connectivity index (χ1n) is 21.4. The van der Waals surface area contributed by atoms with Crippen LogP contribution in [0, 0.1) is 0 Å². The zero-order valence-electron chi connectivity index (χ0n) is 34.0. The minimum Gasteiger partial charge on any atom is -0.455 e. The van der Waals surface area contributed by atoms with Crippen molar-refractivity contribution in [2.45, 2.75) is 6.17 Å². The van der Waals surface area contributed by atoms with E-state index in [9.17, 15) is 0 Å². The van der Waals surface area contributed by atoms with Gasteiger partial charge in [-0.25, -0.2) is 9.98 Å². The van der Waals surface area contributed by atoms with Gasteiger partial charge in [0, 0.05) is 65.9 Å². The van der Waals surface area contributed by atoms with E-state index in [2.05, 4.69) is 203 Å². The van der Waals surface area contributed by atoms with Crippen molar-refractivity contribution in [1.29, 1.82) is 0 Å². The van der Waals surface area contributed by atoms with E-state index in [-0.39, 0.29) is 0 Å². The Morgan fingerprint density at radius 1 is 0.397 bits per heavy atom. The van der Waals surface area contributed by atoms with Crippen LogP contribution in [0.25, 0.3) is 88.1 Å². The van der Waals surface area contributed by atoms with E-state index in [1.807, 2.05) is 24.3 Å². The Balaban J connectivity index is 1.00. The number of hydrogen-bond acceptors (Lipinski definition) is 4. The molecule has 1 N–H and O–H groups in total. The standard InChI is InChI=1S/C57H37N5O/c1-4-16-36(17-5-1)42-26-15-27-47-48-35-39(30-33-51(48)63-54(42)47)57-59-55(37-18-6-2-7-19-37)58-56(60-57)38-20-14-23-41(34-38)62-50-29-13-11-25-44(50)46-32-31-45-43-24-10-12-28-49(43)61(52(45)53(46)62)40-21-8-3-9-22-40/h1-35,56H,(H,58,59,60). The number of benzene rings is 9. The molecule has 0 saturated carbocycles. The number of hydrogen-bond donors (Lipinski definition) is 1. The molecule has 12 aromatic rings. The van der Waals surface area contributed by atoms with E-state index < -0.39 is 6.17 Å². The third-order valence-electron chi connectivity index (χ3n) is 12.6. The maximum absolute atomic E-state index is 6.56. The molecule has 63 heavy (non-hydrogen) atoms. The second kappa shape index (κ2) is 14.0. The molecule has 0 spiro atoms. The molecule has 0 aliphatic carbocycles. The number of amidine groups is 2. The molecule has 6 nitrogen and oxygen atoms in total. The van der Waals surface area contributed by atoms with E-state index in [1.165, 1.54) is 32.6 Å². The summed E-state index contributed by atoms with van der Waals surface area (Å²) in [5, 5.41) is 10.6. The van der Waals surface area contributed by atoms with Crippen LogP contribution in [0.4, 0.5) is 0 Å². The van der Waals surface area contributed by atoms with E-state index in [0.29, 0.717) is 0 Å². The highest BCUT2D eigenvalue weighted by Gasteiger charge is 2.25. The smallest absolute Gasteiger partial charge is 0.169 e. The number of aromatic nitrogens is 2. The van der Waals surface area contributed by atoms with E-state index in [0.717, 1.165) is 83.8 Å². The SMILES string of the molecule is c1ccc(C2=NC(c3cccc(-n4c5ccccc5c5ccc6c7ccccc7n(-c7ccccc7)c6c54)c3)N=C(c3ccc4oc5c(-c6ccccc6)cccc5c4c3)N2)cc1. The van der Waals surface area contributed by atoms with E-state index in [4.69, 9.17) is 14.4 Å². The molecule has 0 bridgehead atoms. The van der Waals surface area contributed by atoms with Gasteiger partial charge in [-0.3, -0.25) is 0 Å². The lowest BCUT2D eigenvalue weighted by Gasteiger charge is -2.23. The molecule has 3 aromatic heterocycles. The number of para-hydroxylation sites is 4. The average molecular weight is 808 g/mol. The third kappa shape index (κ3) is 5.58. The summed E-state index contributed by atoms with van der Waals surface area (Å²) in [6.45, 7) is 0. The molecule has 4 heterocycles. The highest BCUT2D eigenvalue weighted by atomic mass is 16.3. The lowest BCUT2D eigenvalue weighted by atomic mass is 10.0. The minimum atomic E-state index is -0.512. The van der Waals surface area contributed by atoms with E-state index in [1.54, 1.807) is 0 Å². The summed E-state index contributed by atoms with van der Waals surface area (Å²) < 4.78 is 11.4. The van der Waals surface area contributed by atoms with Gasteiger partial charge in [0.05, 0.1) is 22.1 Å². The third-order valence-corrected chi connectivity index (χ3v) is 12.6. The molecule has 0 fully saturated rings. The Bertz CT molecular complexity index is 3820. The number of aliphatic imine (C=N–C) groups is 2. The second-order valence-electron chi connectivity index (χ2n) is 16.2. The zero-order chi connectivity index (χ0) is 41.4. The van der Waals surface area contributed by atoms with Crippen molar-refractivity contribution in [2.75, 3.05) is 0 Å². The highest BCUT2D eigenvalue weighted by Crippen LogP contribution is 2.42. The molecule has 1 aliphatic heterocycles. The van der Waals surface area contributed by atoms with Crippen molar-refractivity contribution >= 4 is 77.2 Å². The normalized spacial score (nSPS) is 14.2. The van der Waals surface area contributed by atoms with Crippen LogP contribution in [-0.4, -0.2) is 20.8 Å². The number of furan rings is 1. The fraction of sp³-hybridized carbons (Fsp3) is 0.0175. The quantitative estimate of drug-likeness (QED) is 0.182. The Kier molecular flexibility index (Phi) is 7.87. The molecule has 13 rings (SSSR count). The van der Waals surface area contributed by atoms with Crippen molar-refractivity contribution in [1.82, 2.24) is 14.5 Å². The largest absolute Gasteiger partial charge is 0.455 e. The van der Waals surface area contributed by atoms with Crippen LogP contribution in [0.1, 0.15) is 22.9 Å². The monoisotopic (exact) mass is 807 g/mol. The van der Waals surface area contributed by atoms with Gasteiger partial charge in [-0.1, -0.05) is 158 Å². The molecule has 6 heteroatoms. The van der Waals surface area contributed by atoms with Crippen LogP contribution in [0.5, 0.6) is 0 Å². The molecule has 9 aromatic carbocycles. The van der Waals surface area contributed by atoms with Gasteiger partial charge < -0.3 is 18.9 Å². The Morgan fingerprint density at radius 2 is 0.952 bits per heavy atom. The van der Waals surface area contributed by atoms with Gasteiger partial charge in [-0.05, 0) is 60.2 Å². The van der Waals surface area contributed by atoms with Crippen molar-refractivity contribution in [3.05, 3.63) is 229 Å². The molecule has 0 radical (unpaired) electrons. The fourth-order valence-corrected chi connectivity index (χ4v) is 9.72. The van der Waals surface area contributed by atoms with Crippen molar-refractivity contribution < 1.29 is 4.42 Å². The predicted molar refractivity (Wildman–Crippen MR) is 260 cm³/mol. The van der Waals surface area contributed by atoms with Gasteiger partial charge in [0.2, 0.25) is 0 Å². The molecular weight excluding hydrogens is 771 g/mol. The van der Waals surface area contributed by atoms with Crippen molar-refractivity contribution in [3.63, 3.8) is 0 Å². The van der Waals surface area contributed by atoms with Gasteiger partial charge in [-0.2, -0.15) is 0 Å². The maximum atomic E-state index is 6.56. The molecule has 0 amide bonds. The van der Waals surface area contributed by atoms with Gasteiger partial charge in [-0.15, -0.1) is 0 Å². The van der Waals surface area contributed by atoms with Crippen LogP contribution < -0.4 is 5.32 Å². The minimum absolute atomic E-state index is 0.512. The Hall–Kier alpha value is -8.48. The van der Waals surface area contributed by atoms with Crippen LogP contribution >= 0.6 is 0 Å². The lowest BCUT2D eigenvalue weighted by molar-refractivity contribution is 0.670. The lowest BCUT2D eigenvalue weighted by Crippen LogP contribution is -2.36. The van der Waals surface area contributed by atoms with Gasteiger partial charge in [0.1, 0.15) is 22.8 Å². The number of nitrogens with zero attached hydrogens (tertiary/aromatic N) is 4. The van der Waals surface area contributed by atoms with Crippen LogP contribution in [0.2, 0.25) is 0 Å². The molecular formula is C57H37N5O. The summed E-state index contributed by atoms with van der Waals surface area (Å²) in [6, 6.07) is 75.0. The van der Waals surface area contributed by atoms with Crippen molar-refractivity contribution in [2.24, 2.45) is 9.98 Å². The van der Waals surface area contributed by atoms with Gasteiger partial charge >= 0.3 is 0 Å². The molecule has 1 atom stereocenters. The first-order valence-corrected chi connectivity index (χ1v) is 21.4. The molecule has 1 aliphatic rings. The summed E-state index contributed by atoms with van der Waals surface area (Å²) in [5.41, 5.74) is 13.7. The first-order chi connectivity index (χ1) is 31.2. The first kappa shape index (κ1) is 35.3. The van der Waals surface area contributed by atoms with Crippen LogP contribution in [0.3, 0.4) is 0 Å². The number of nitrogens with one attached hydrogen (secondary N) is 1. The fourth-order valence-electron chi connectivity index (χ4n) is 9.72. The Labute approximate surface area is 362 Å². The van der Waals surface area contributed by atoms with Gasteiger partial charge in [0.25, 0.3) is 0 Å². The second-order valence-corrected chi connectivity index (χ2v) is 16.2.